The summed E-state index contributed by atoms with van der Waals surface area (Å²) in [5.41, 5.74) is 21.5. The molecule has 2 heterocycles. The van der Waals surface area contributed by atoms with E-state index in [4.69, 9.17) is 5.73 Å². The predicted octanol–water partition coefficient (Wildman–Crippen LogP) is 8.59. The standard InChI is InChI=1S/C37H33N3/c1-25-23-29(9-6-21-38)40(36(25)19-14-26-20-22-39-24-26)28-8-4-7-27(15-16-28)30-17-18-35-32-11-3-2-10-31(32)34-13-5-12-33(30)37(34)35/h2-7,9-17,19-20,22-24,35,39H,8,18,21,38H2,1H3/b9-6-,19-14-. The molecule has 3 N–H and O–H groups in total. The molecule has 3 aliphatic rings. The van der Waals surface area contributed by atoms with Gasteiger partial charge in [0.25, 0.3) is 0 Å². The number of H-pyrrole nitrogens is 1. The van der Waals surface area contributed by atoms with Crippen LogP contribution in [-0.2, 0) is 0 Å². The molecule has 1 atom stereocenters. The predicted molar refractivity (Wildman–Crippen MR) is 169 cm³/mol. The molecule has 0 amide bonds. The van der Waals surface area contributed by atoms with Gasteiger partial charge < -0.3 is 15.3 Å². The lowest BCUT2D eigenvalue weighted by Crippen LogP contribution is -2.06. The average molecular weight is 520 g/mol. The number of hydrogen-bond donors (Lipinski definition) is 2. The minimum atomic E-state index is 0.460. The molecule has 1 unspecified atom stereocenters. The number of aryl methyl sites for hydroxylation is 1. The molecule has 2 aromatic heterocycles. The van der Waals surface area contributed by atoms with Gasteiger partial charge in [-0.3, -0.25) is 0 Å². The van der Waals surface area contributed by atoms with Crippen LogP contribution < -0.4 is 5.73 Å². The zero-order valence-corrected chi connectivity index (χ0v) is 22.8. The summed E-state index contributed by atoms with van der Waals surface area (Å²) >= 11 is 0. The van der Waals surface area contributed by atoms with Crippen LogP contribution >= 0.6 is 0 Å². The number of rotatable bonds is 6. The summed E-state index contributed by atoms with van der Waals surface area (Å²) in [7, 11) is 0. The van der Waals surface area contributed by atoms with E-state index in [1.54, 1.807) is 0 Å². The van der Waals surface area contributed by atoms with Gasteiger partial charge in [0.15, 0.2) is 0 Å². The van der Waals surface area contributed by atoms with Crippen LogP contribution in [0.15, 0.2) is 109 Å². The summed E-state index contributed by atoms with van der Waals surface area (Å²) in [6.07, 6.45) is 26.1. The summed E-state index contributed by atoms with van der Waals surface area (Å²) in [6, 6.07) is 20.1. The number of fused-ring (bicyclic) bond motifs is 3. The number of nitrogens with two attached hydrogens (primary N) is 1. The first-order chi connectivity index (χ1) is 19.7. The molecule has 196 valence electrons. The Kier molecular flexibility index (Phi) is 6.22. The van der Waals surface area contributed by atoms with Crippen molar-refractivity contribution in [1.82, 2.24) is 9.55 Å². The SMILES string of the molecule is Cc1cc(/C=C\CN)n(C2=CC=C(C3=CCC4c5ccccc5-c5cccc3c54)C=CC2)c1/C=C\c1cc[nH]c1. The van der Waals surface area contributed by atoms with E-state index in [0.29, 0.717) is 12.5 Å². The highest BCUT2D eigenvalue weighted by atomic mass is 15.0. The number of aromatic nitrogens is 2. The monoisotopic (exact) mass is 519 g/mol. The van der Waals surface area contributed by atoms with Crippen molar-refractivity contribution in [2.45, 2.75) is 25.7 Å². The zero-order valence-electron chi connectivity index (χ0n) is 22.8. The summed E-state index contributed by atoms with van der Waals surface area (Å²) in [5.74, 6) is 0.460. The van der Waals surface area contributed by atoms with Crippen LogP contribution in [0.2, 0.25) is 0 Å². The fourth-order valence-electron chi connectivity index (χ4n) is 6.57. The summed E-state index contributed by atoms with van der Waals surface area (Å²) in [5, 5.41) is 0. The van der Waals surface area contributed by atoms with Gasteiger partial charge in [-0.2, -0.15) is 0 Å². The largest absolute Gasteiger partial charge is 0.367 e. The van der Waals surface area contributed by atoms with Crippen molar-refractivity contribution in [2.75, 3.05) is 6.54 Å². The minimum absolute atomic E-state index is 0.460. The van der Waals surface area contributed by atoms with Crippen LogP contribution in [0.4, 0.5) is 0 Å². The Morgan fingerprint density at radius 3 is 2.73 bits per heavy atom. The Morgan fingerprint density at radius 2 is 1.85 bits per heavy atom. The second-order valence-electron chi connectivity index (χ2n) is 10.7. The first kappa shape index (κ1) is 24.4. The lowest BCUT2D eigenvalue weighted by atomic mass is 9.80. The summed E-state index contributed by atoms with van der Waals surface area (Å²) in [6.45, 7) is 2.70. The van der Waals surface area contributed by atoms with Crippen molar-refractivity contribution in [1.29, 1.82) is 0 Å². The third-order valence-corrected chi connectivity index (χ3v) is 8.35. The smallest absolute Gasteiger partial charge is 0.0488 e. The first-order valence-corrected chi connectivity index (χ1v) is 14.1. The number of allylic oxidation sites excluding steroid dienone is 8. The van der Waals surface area contributed by atoms with E-state index in [1.807, 2.05) is 18.5 Å². The fourth-order valence-corrected chi connectivity index (χ4v) is 6.57. The van der Waals surface area contributed by atoms with Crippen LogP contribution in [-0.4, -0.2) is 16.1 Å². The molecule has 3 nitrogen and oxygen atoms in total. The quantitative estimate of drug-likeness (QED) is 0.263. The van der Waals surface area contributed by atoms with Gasteiger partial charge in [-0.25, -0.2) is 0 Å². The Balaban J connectivity index is 1.29. The molecule has 7 rings (SSSR count). The molecule has 0 bridgehead atoms. The molecular formula is C37H33N3. The van der Waals surface area contributed by atoms with E-state index in [1.165, 1.54) is 55.9 Å². The van der Waals surface area contributed by atoms with Crippen molar-refractivity contribution >= 4 is 29.5 Å². The molecule has 3 heteroatoms. The molecular weight excluding hydrogens is 486 g/mol. The maximum atomic E-state index is 5.84. The Hall–Kier alpha value is -4.60. The molecule has 4 aromatic rings. The van der Waals surface area contributed by atoms with Gasteiger partial charge in [0.05, 0.1) is 0 Å². The molecule has 0 fully saturated rings. The average Bonchev–Trinajstić information content (AvgIpc) is 3.64. The van der Waals surface area contributed by atoms with Crippen molar-refractivity contribution in [2.24, 2.45) is 5.73 Å². The Bertz CT molecular complexity index is 1780. The van der Waals surface area contributed by atoms with E-state index in [2.05, 4.69) is 120 Å². The van der Waals surface area contributed by atoms with Crippen LogP contribution in [0.25, 0.3) is 40.6 Å². The maximum Gasteiger partial charge on any atom is 0.0488 e. The number of hydrogen-bond acceptors (Lipinski definition) is 1. The van der Waals surface area contributed by atoms with Crippen molar-refractivity contribution < 1.29 is 0 Å². The molecule has 0 saturated heterocycles. The Labute approximate surface area is 236 Å². The minimum Gasteiger partial charge on any atom is -0.367 e. The van der Waals surface area contributed by atoms with Gasteiger partial charge in [-0.05, 0) is 93.8 Å². The van der Waals surface area contributed by atoms with E-state index in [0.717, 1.165) is 24.1 Å². The highest BCUT2D eigenvalue weighted by Gasteiger charge is 2.33. The van der Waals surface area contributed by atoms with Crippen LogP contribution in [0, 0.1) is 6.92 Å². The van der Waals surface area contributed by atoms with Gasteiger partial charge in [0.2, 0.25) is 0 Å². The lowest BCUT2D eigenvalue weighted by Gasteiger charge is -2.24. The number of benzene rings is 2. The molecule has 40 heavy (non-hydrogen) atoms. The second kappa shape index (κ2) is 10.2. The van der Waals surface area contributed by atoms with Crippen LogP contribution in [0.1, 0.15) is 58.0 Å². The third kappa shape index (κ3) is 4.11. The van der Waals surface area contributed by atoms with Crippen LogP contribution in [0.3, 0.4) is 0 Å². The number of aromatic amines is 1. The van der Waals surface area contributed by atoms with Gasteiger partial charge in [-0.15, -0.1) is 0 Å². The molecule has 2 aromatic carbocycles. The summed E-state index contributed by atoms with van der Waals surface area (Å²) in [4.78, 5) is 3.14. The lowest BCUT2D eigenvalue weighted by molar-refractivity contribution is 0.840. The summed E-state index contributed by atoms with van der Waals surface area (Å²) < 4.78 is 2.37. The van der Waals surface area contributed by atoms with E-state index in [-0.39, 0.29) is 0 Å². The first-order valence-electron chi connectivity index (χ1n) is 14.1. The van der Waals surface area contributed by atoms with Crippen molar-refractivity contribution in [3.63, 3.8) is 0 Å². The van der Waals surface area contributed by atoms with Crippen LogP contribution in [0.5, 0.6) is 0 Å². The molecule has 0 spiro atoms. The van der Waals surface area contributed by atoms with Gasteiger partial charge in [-0.1, -0.05) is 78.9 Å². The zero-order chi connectivity index (χ0) is 27.1. The molecule has 0 aliphatic heterocycles. The fraction of sp³-hybridized carbons (Fsp3) is 0.135. The van der Waals surface area contributed by atoms with E-state index in [9.17, 15) is 0 Å². The Morgan fingerprint density at radius 1 is 0.975 bits per heavy atom. The van der Waals surface area contributed by atoms with Crippen molar-refractivity contribution in [3.05, 3.63) is 148 Å². The van der Waals surface area contributed by atoms with E-state index < -0.39 is 0 Å². The molecule has 0 saturated carbocycles. The van der Waals surface area contributed by atoms with Crippen molar-refractivity contribution in [3.8, 4) is 11.1 Å². The number of nitrogens with one attached hydrogen (secondary N) is 1. The third-order valence-electron chi connectivity index (χ3n) is 8.35. The highest BCUT2D eigenvalue weighted by Crippen LogP contribution is 2.52. The van der Waals surface area contributed by atoms with Gasteiger partial charge >= 0.3 is 0 Å². The topological polar surface area (TPSA) is 46.7 Å². The molecule has 0 radical (unpaired) electrons. The maximum absolute atomic E-state index is 5.84. The van der Waals surface area contributed by atoms with Gasteiger partial charge in [0, 0.05) is 48.4 Å². The van der Waals surface area contributed by atoms with E-state index >= 15 is 0 Å². The second-order valence-corrected chi connectivity index (χ2v) is 10.7. The highest BCUT2D eigenvalue weighted by molar-refractivity contribution is 5.93. The number of nitrogens with zero attached hydrogens (tertiary/aromatic N) is 1. The normalized spacial score (nSPS) is 17.6. The molecule has 3 aliphatic carbocycles. The van der Waals surface area contributed by atoms with Gasteiger partial charge in [0.1, 0.15) is 0 Å².